The Balaban J connectivity index is 1.88. The summed E-state index contributed by atoms with van der Waals surface area (Å²) >= 11 is 0. The van der Waals surface area contributed by atoms with Crippen LogP contribution in [0.25, 0.3) is 0 Å². The molecule has 1 fully saturated rings. The van der Waals surface area contributed by atoms with E-state index in [-0.39, 0.29) is 12.0 Å². The highest BCUT2D eigenvalue weighted by Gasteiger charge is 2.17. The van der Waals surface area contributed by atoms with Gasteiger partial charge in [0.05, 0.1) is 19.1 Å². The first-order chi connectivity index (χ1) is 8.65. The third kappa shape index (κ3) is 3.55. The minimum absolute atomic E-state index is 0.00644. The summed E-state index contributed by atoms with van der Waals surface area (Å²) in [4.78, 5) is 11.9. The monoisotopic (exact) mass is 248 g/mol. The van der Waals surface area contributed by atoms with Crippen molar-refractivity contribution in [3.8, 4) is 0 Å². The lowest BCUT2D eigenvalue weighted by molar-refractivity contribution is -0.119. The normalized spacial score (nSPS) is 19.6. The number of aryl methyl sites for hydroxylation is 2. The van der Waals surface area contributed by atoms with Gasteiger partial charge in [-0.25, -0.2) is 0 Å². The Morgan fingerprint density at radius 1 is 1.44 bits per heavy atom. The minimum Gasteiger partial charge on any atom is -0.375 e. The fourth-order valence-corrected chi connectivity index (χ4v) is 1.99. The van der Waals surface area contributed by atoms with Crippen molar-refractivity contribution in [1.29, 1.82) is 0 Å². The van der Waals surface area contributed by atoms with E-state index in [1.165, 1.54) is 11.1 Å². The van der Waals surface area contributed by atoms with E-state index >= 15 is 0 Å². The Kier molecular flexibility index (Phi) is 4.33. The van der Waals surface area contributed by atoms with Gasteiger partial charge in [0.2, 0.25) is 5.91 Å². The molecule has 0 saturated carbocycles. The molecule has 1 aliphatic heterocycles. The molecule has 0 radical (unpaired) electrons. The summed E-state index contributed by atoms with van der Waals surface area (Å²) in [6.45, 7) is 6.40. The van der Waals surface area contributed by atoms with Crippen molar-refractivity contribution in [2.45, 2.75) is 26.4 Å². The molecule has 2 N–H and O–H groups in total. The molecule has 1 atom stereocenters. The lowest BCUT2D eigenvalue weighted by Crippen LogP contribution is -2.40. The van der Waals surface area contributed by atoms with Gasteiger partial charge in [-0.1, -0.05) is 6.07 Å². The molecule has 0 spiro atoms. The molecule has 1 aromatic rings. The molecule has 1 unspecified atom stereocenters. The Labute approximate surface area is 108 Å². The molecule has 0 bridgehead atoms. The summed E-state index contributed by atoms with van der Waals surface area (Å²) in [5, 5.41) is 6.13. The summed E-state index contributed by atoms with van der Waals surface area (Å²) in [7, 11) is 0. The zero-order valence-electron chi connectivity index (χ0n) is 11.0. The van der Waals surface area contributed by atoms with Gasteiger partial charge in [-0.05, 0) is 37.1 Å². The Morgan fingerprint density at radius 3 is 2.94 bits per heavy atom. The second-order valence-electron chi connectivity index (χ2n) is 4.75. The standard InChI is InChI=1S/C14H20N2O2/c1-10-3-4-12(7-11(10)2)16-14(17)8-13-9-15-5-6-18-13/h3-4,7,13,15H,5-6,8-9H2,1-2H3,(H,16,17). The molecule has 98 valence electrons. The van der Waals surface area contributed by atoms with E-state index in [0.29, 0.717) is 13.0 Å². The molecule has 4 nitrogen and oxygen atoms in total. The summed E-state index contributed by atoms with van der Waals surface area (Å²) in [6, 6.07) is 5.94. The van der Waals surface area contributed by atoms with E-state index in [4.69, 9.17) is 4.74 Å². The summed E-state index contributed by atoms with van der Waals surface area (Å²) in [5.74, 6) is 0.00644. The average Bonchev–Trinajstić information content (AvgIpc) is 2.35. The third-order valence-corrected chi connectivity index (χ3v) is 3.21. The van der Waals surface area contributed by atoms with Gasteiger partial charge in [0, 0.05) is 18.8 Å². The first kappa shape index (κ1) is 13.1. The number of nitrogens with one attached hydrogen (secondary N) is 2. The number of rotatable bonds is 3. The maximum atomic E-state index is 11.9. The third-order valence-electron chi connectivity index (χ3n) is 3.21. The van der Waals surface area contributed by atoms with E-state index in [1.807, 2.05) is 25.1 Å². The van der Waals surface area contributed by atoms with Gasteiger partial charge in [0.1, 0.15) is 0 Å². The van der Waals surface area contributed by atoms with E-state index in [2.05, 4.69) is 17.6 Å². The molecular weight excluding hydrogens is 228 g/mol. The van der Waals surface area contributed by atoms with Gasteiger partial charge in [0.15, 0.2) is 0 Å². The number of anilines is 1. The number of amides is 1. The Bertz CT molecular complexity index is 426. The number of carbonyl (C=O) groups is 1. The van der Waals surface area contributed by atoms with Crippen LogP contribution in [0.3, 0.4) is 0 Å². The topological polar surface area (TPSA) is 50.4 Å². The van der Waals surface area contributed by atoms with Gasteiger partial charge in [-0.3, -0.25) is 4.79 Å². The van der Waals surface area contributed by atoms with E-state index in [9.17, 15) is 4.79 Å². The largest absolute Gasteiger partial charge is 0.375 e. The van der Waals surface area contributed by atoms with Crippen LogP contribution in [0.5, 0.6) is 0 Å². The lowest BCUT2D eigenvalue weighted by Gasteiger charge is -2.23. The van der Waals surface area contributed by atoms with Crippen LogP contribution in [-0.4, -0.2) is 31.7 Å². The van der Waals surface area contributed by atoms with Crippen molar-refractivity contribution in [2.75, 3.05) is 25.0 Å². The highest BCUT2D eigenvalue weighted by Crippen LogP contribution is 2.14. The van der Waals surface area contributed by atoms with Gasteiger partial charge < -0.3 is 15.4 Å². The van der Waals surface area contributed by atoms with Crippen molar-refractivity contribution in [1.82, 2.24) is 5.32 Å². The van der Waals surface area contributed by atoms with Crippen LogP contribution in [0.2, 0.25) is 0 Å². The predicted octanol–water partition coefficient (Wildman–Crippen LogP) is 1.62. The average molecular weight is 248 g/mol. The predicted molar refractivity (Wildman–Crippen MR) is 71.8 cm³/mol. The fraction of sp³-hybridized carbons (Fsp3) is 0.500. The van der Waals surface area contributed by atoms with Crippen molar-refractivity contribution in [3.63, 3.8) is 0 Å². The fourth-order valence-electron chi connectivity index (χ4n) is 1.99. The van der Waals surface area contributed by atoms with Crippen LogP contribution < -0.4 is 10.6 Å². The smallest absolute Gasteiger partial charge is 0.227 e. The summed E-state index contributed by atoms with van der Waals surface area (Å²) in [6.07, 6.45) is 0.394. The Hall–Kier alpha value is -1.39. The second kappa shape index (κ2) is 5.98. The number of morpholine rings is 1. The van der Waals surface area contributed by atoms with E-state index < -0.39 is 0 Å². The maximum absolute atomic E-state index is 11.9. The molecule has 0 aliphatic carbocycles. The van der Waals surface area contributed by atoms with Crippen molar-refractivity contribution < 1.29 is 9.53 Å². The number of ether oxygens (including phenoxy) is 1. The number of hydrogen-bond acceptors (Lipinski definition) is 3. The van der Waals surface area contributed by atoms with Crippen LogP contribution in [0, 0.1) is 13.8 Å². The molecule has 1 aromatic carbocycles. The van der Waals surface area contributed by atoms with Crippen LogP contribution in [-0.2, 0) is 9.53 Å². The lowest BCUT2D eigenvalue weighted by atomic mass is 10.1. The van der Waals surface area contributed by atoms with E-state index in [1.54, 1.807) is 0 Å². The molecule has 0 aromatic heterocycles. The summed E-state index contributed by atoms with van der Waals surface area (Å²) < 4.78 is 5.51. The van der Waals surface area contributed by atoms with Crippen molar-refractivity contribution >= 4 is 11.6 Å². The van der Waals surface area contributed by atoms with Gasteiger partial charge in [0.25, 0.3) is 0 Å². The van der Waals surface area contributed by atoms with Crippen LogP contribution in [0.15, 0.2) is 18.2 Å². The van der Waals surface area contributed by atoms with Gasteiger partial charge in [-0.15, -0.1) is 0 Å². The first-order valence-electron chi connectivity index (χ1n) is 6.34. The molecule has 1 amide bonds. The molecule has 1 heterocycles. The quantitative estimate of drug-likeness (QED) is 0.854. The molecule has 18 heavy (non-hydrogen) atoms. The maximum Gasteiger partial charge on any atom is 0.227 e. The van der Waals surface area contributed by atoms with E-state index in [0.717, 1.165) is 18.8 Å². The highest BCUT2D eigenvalue weighted by molar-refractivity contribution is 5.91. The van der Waals surface area contributed by atoms with Crippen LogP contribution in [0.4, 0.5) is 5.69 Å². The number of hydrogen-bond donors (Lipinski definition) is 2. The molecule has 1 aliphatic rings. The first-order valence-corrected chi connectivity index (χ1v) is 6.34. The zero-order chi connectivity index (χ0) is 13.0. The molecular formula is C14H20N2O2. The second-order valence-corrected chi connectivity index (χ2v) is 4.75. The number of carbonyl (C=O) groups excluding carboxylic acids is 1. The Morgan fingerprint density at radius 2 is 2.28 bits per heavy atom. The van der Waals surface area contributed by atoms with Crippen LogP contribution in [0.1, 0.15) is 17.5 Å². The zero-order valence-corrected chi connectivity index (χ0v) is 11.0. The molecule has 4 heteroatoms. The number of benzene rings is 1. The highest BCUT2D eigenvalue weighted by atomic mass is 16.5. The molecule has 1 saturated heterocycles. The van der Waals surface area contributed by atoms with Gasteiger partial charge in [-0.2, -0.15) is 0 Å². The van der Waals surface area contributed by atoms with Gasteiger partial charge >= 0.3 is 0 Å². The SMILES string of the molecule is Cc1ccc(NC(=O)CC2CNCCO2)cc1C. The molecule has 2 rings (SSSR count). The van der Waals surface area contributed by atoms with Crippen LogP contribution >= 0.6 is 0 Å². The van der Waals surface area contributed by atoms with Crippen molar-refractivity contribution in [2.24, 2.45) is 0 Å². The summed E-state index contributed by atoms with van der Waals surface area (Å²) in [5.41, 5.74) is 3.27. The minimum atomic E-state index is -0.00899. The van der Waals surface area contributed by atoms with Crippen molar-refractivity contribution in [3.05, 3.63) is 29.3 Å².